The summed E-state index contributed by atoms with van der Waals surface area (Å²) in [7, 11) is -3.67. The molecule has 0 radical (unpaired) electrons. The smallest absolute Gasteiger partial charge is 0.263 e. The molecule has 1 aliphatic rings. The average Bonchev–Trinajstić information content (AvgIpc) is 2.33. The lowest BCUT2D eigenvalue weighted by Crippen LogP contribution is -2.45. The number of sulfonamides is 1. The van der Waals surface area contributed by atoms with Gasteiger partial charge in [0.15, 0.2) is 0 Å². The van der Waals surface area contributed by atoms with Crippen molar-refractivity contribution in [2.24, 2.45) is 5.92 Å². The van der Waals surface area contributed by atoms with Crippen LogP contribution in [0.5, 0.6) is 0 Å². The molecule has 0 spiro atoms. The van der Waals surface area contributed by atoms with Gasteiger partial charge in [-0.15, -0.1) is 0 Å². The third-order valence-electron chi connectivity index (χ3n) is 3.26. The molecular weight excluding hydrogens is 276 g/mol. The first-order chi connectivity index (χ1) is 8.92. The van der Waals surface area contributed by atoms with Crippen LogP contribution in [-0.4, -0.2) is 26.2 Å². The molecule has 1 aliphatic carbocycles. The summed E-state index contributed by atoms with van der Waals surface area (Å²) >= 11 is 0. The van der Waals surface area contributed by atoms with Crippen LogP contribution in [0.2, 0.25) is 0 Å². The van der Waals surface area contributed by atoms with Crippen LogP contribution < -0.4 is 4.72 Å². The Kier molecular flexibility index (Phi) is 4.17. The van der Waals surface area contributed by atoms with Crippen LogP contribution in [0.4, 0.5) is 8.78 Å². The highest BCUT2D eigenvalue weighted by Crippen LogP contribution is 2.28. The summed E-state index contributed by atoms with van der Waals surface area (Å²) in [5.74, 6) is 0.147. The predicted molar refractivity (Wildman–Crippen MR) is 65.3 cm³/mol. The molecule has 1 aromatic carbocycles. The molecule has 1 aromatic rings. The van der Waals surface area contributed by atoms with Crippen LogP contribution >= 0.6 is 0 Å². The van der Waals surface area contributed by atoms with Gasteiger partial charge in [-0.1, -0.05) is 12.1 Å². The van der Waals surface area contributed by atoms with Crippen molar-refractivity contribution in [2.75, 3.05) is 6.61 Å². The SMILES string of the molecule is O=S(=O)(NC1CC(CO)C1)c1ccc(C(F)F)cc1. The number of hydrogen-bond acceptors (Lipinski definition) is 3. The van der Waals surface area contributed by atoms with Gasteiger partial charge in [-0.3, -0.25) is 0 Å². The molecule has 19 heavy (non-hydrogen) atoms. The molecule has 106 valence electrons. The number of benzene rings is 1. The van der Waals surface area contributed by atoms with Gasteiger partial charge in [-0.25, -0.2) is 21.9 Å². The maximum Gasteiger partial charge on any atom is 0.263 e. The van der Waals surface area contributed by atoms with Crippen LogP contribution in [0.25, 0.3) is 0 Å². The molecule has 0 atom stereocenters. The minimum absolute atomic E-state index is 0.0238. The molecule has 0 amide bonds. The van der Waals surface area contributed by atoms with Gasteiger partial charge in [0.25, 0.3) is 6.43 Å². The first-order valence-electron chi connectivity index (χ1n) is 5.93. The largest absolute Gasteiger partial charge is 0.396 e. The molecule has 0 aliphatic heterocycles. The van der Waals surface area contributed by atoms with E-state index in [1.54, 1.807) is 0 Å². The fourth-order valence-corrected chi connectivity index (χ4v) is 3.32. The van der Waals surface area contributed by atoms with Crippen LogP contribution in [0, 0.1) is 5.92 Å². The van der Waals surface area contributed by atoms with E-state index in [1.807, 2.05) is 0 Å². The van der Waals surface area contributed by atoms with Gasteiger partial charge in [0.1, 0.15) is 0 Å². The Balaban J connectivity index is 2.03. The first kappa shape index (κ1) is 14.4. The molecule has 4 nitrogen and oxygen atoms in total. The van der Waals surface area contributed by atoms with E-state index in [0.29, 0.717) is 12.8 Å². The topological polar surface area (TPSA) is 66.4 Å². The lowest BCUT2D eigenvalue weighted by Gasteiger charge is -2.34. The number of aliphatic hydroxyl groups is 1. The van der Waals surface area contributed by atoms with Crippen molar-refractivity contribution in [1.82, 2.24) is 4.72 Å². The van der Waals surface area contributed by atoms with Crippen molar-refractivity contribution in [3.05, 3.63) is 29.8 Å². The Morgan fingerprint density at radius 2 is 1.84 bits per heavy atom. The molecule has 2 N–H and O–H groups in total. The third kappa shape index (κ3) is 3.29. The van der Waals surface area contributed by atoms with Crippen molar-refractivity contribution in [2.45, 2.75) is 30.2 Å². The summed E-state index contributed by atoms with van der Waals surface area (Å²) in [6.45, 7) is 0.0569. The van der Waals surface area contributed by atoms with E-state index in [9.17, 15) is 17.2 Å². The Hall–Kier alpha value is -1.05. The number of nitrogens with one attached hydrogen (secondary N) is 1. The van der Waals surface area contributed by atoms with Crippen molar-refractivity contribution >= 4 is 10.0 Å². The second-order valence-electron chi connectivity index (χ2n) is 4.71. The Bertz CT molecular complexity index is 524. The molecular formula is C12H15F2NO3S. The molecule has 0 bridgehead atoms. The van der Waals surface area contributed by atoms with E-state index in [-0.39, 0.29) is 29.0 Å². The summed E-state index contributed by atoms with van der Waals surface area (Å²) < 4.78 is 51.1. The van der Waals surface area contributed by atoms with Crippen molar-refractivity contribution < 1.29 is 22.3 Å². The molecule has 2 rings (SSSR count). The van der Waals surface area contributed by atoms with Gasteiger partial charge in [-0.2, -0.15) is 0 Å². The summed E-state index contributed by atoms with van der Waals surface area (Å²) in [6, 6.07) is 4.38. The lowest BCUT2D eigenvalue weighted by atomic mass is 9.82. The van der Waals surface area contributed by atoms with Gasteiger partial charge >= 0.3 is 0 Å². The Labute approximate surface area is 110 Å². The standard InChI is InChI=1S/C12H15F2NO3S/c13-12(14)9-1-3-11(4-2-9)19(17,18)15-10-5-8(6-10)7-16/h1-4,8,10,12,15-16H,5-7H2. The molecule has 1 fully saturated rings. The van der Waals surface area contributed by atoms with E-state index in [0.717, 1.165) is 12.1 Å². The fourth-order valence-electron chi connectivity index (χ4n) is 2.06. The van der Waals surface area contributed by atoms with Crippen LogP contribution in [0.1, 0.15) is 24.8 Å². The maximum absolute atomic E-state index is 12.4. The van der Waals surface area contributed by atoms with E-state index < -0.39 is 16.4 Å². The zero-order valence-corrected chi connectivity index (χ0v) is 10.9. The zero-order valence-electron chi connectivity index (χ0n) is 10.1. The molecule has 7 heteroatoms. The molecule has 1 saturated carbocycles. The van der Waals surface area contributed by atoms with Gasteiger partial charge in [-0.05, 0) is 30.9 Å². The quantitative estimate of drug-likeness (QED) is 0.867. The van der Waals surface area contributed by atoms with E-state index in [2.05, 4.69) is 4.72 Å². The summed E-state index contributed by atoms with van der Waals surface area (Å²) in [4.78, 5) is -0.0238. The van der Waals surface area contributed by atoms with Gasteiger partial charge in [0.05, 0.1) is 4.90 Å². The predicted octanol–water partition coefficient (Wildman–Crippen LogP) is 1.67. The number of rotatable bonds is 5. The molecule has 0 aromatic heterocycles. The zero-order chi connectivity index (χ0) is 14.0. The third-order valence-corrected chi connectivity index (χ3v) is 4.79. The normalized spacial score (nSPS) is 23.4. The highest BCUT2D eigenvalue weighted by atomic mass is 32.2. The monoisotopic (exact) mass is 291 g/mol. The second-order valence-corrected chi connectivity index (χ2v) is 6.42. The molecule has 0 heterocycles. The Morgan fingerprint density at radius 1 is 1.26 bits per heavy atom. The van der Waals surface area contributed by atoms with E-state index in [4.69, 9.17) is 5.11 Å². The second kappa shape index (κ2) is 5.52. The number of hydrogen-bond donors (Lipinski definition) is 2. The van der Waals surface area contributed by atoms with E-state index in [1.165, 1.54) is 12.1 Å². The minimum Gasteiger partial charge on any atom is -0.396 e. The summed E-state index contributed by atoms with van der Waals surface area (Å²) in [5.41, 5.74) is -0.206. The summed E-state index contributed by atoms with van der Waals surface area (Å²) in [6.07, 6.45) is -1.41. The number of alkyl halides is 2. The first-order valence-corrected chi connectivity index (χ1v) is 7.42. The van der Waals surface area contributed by atoms with Crippen molar-refractivity contribution in [1.29, 1.82) is 0 Å². The molecule has 0 unspecified atom stereocenters. The fraction of sp³-hybridized carbons (Fsp3) is 0.500. The Morgan fingerprint density at radius 3 is 2.32 bits per heavy atom. The van der Waals surface area contributed by atoms with Gasteiger partial charge < -0.3 is 5.11 Å². The maximum atomic E-state index is 12.4. The van der Waals surface area contributed by atoms with Crippen LogP contribution in [0.15, 0.2) is 29.2 Å². The van der Waals surface area contributed by atoms with Gasteiger partial charge in [0, 0.05) is 18.2 Å². The molecule has 0 saturated heterocycles. The van der Waals surface area contributed by atoms with Crippen molar-refractivity contribution in [3.8, 4) is 0 Å². The van der Waals surface area contributed by atoms with E-state index >= 15 is 0 Å². The minimum atomic E-state index is -3.67. The van der Waals surface area contributed by atoms with Gasteiger partial charge in [0.2, 0.25) is 10.0 Å². The highest BCUT2D eigenvalue weighted by Gasteiger charge is 2.32. The highest BCUT2D eigenvalue weighted by molar-refractivity contribution is 7.89. The lowest BCUT2D eigenvalue weighted by molar-refractivity contribution is 0.137. The number of aliphatic hydroxyl groups excluding tert-OH is 1. The number of halogens is 2. The summed E-state index contributed by atoms with van der Waals surface area (Å²) in [5, 5.41) is 8.85. The van der Waals surface area contributed by atoms with Crippen molar-refractivity contribution in [3.63, 3.8) is 0 Å². The van der Waals surface area contributed by atoms with Crippen LogP contribution in [-0.2, 0) is 10.0 Å². The van der Waals surface area contributed by atoms with Crippen LogP contribution in [0.3, 0.4) is 0 Å². The average molecular weight is 291 g/mol.